The Kier molecular flexibility index (Phi) is 4.75. The van der Waals surface area contributed by atoms with Gasteiger partial charge in [0.2, 0.25) is 0 Å². The standard InChI is InChI=1S/C20H19NO5/c1-11(2)15-9-16-13(8-18(22)26-17(16)7-12(15)3)10-25-20(24)14-5-4-6-21-19(14)23/h4-9,11H,10H2,1-3H3,(H,21,23). The van der Waals surface area contributed by atoms with Crippen LogP contribution < -0.4 is 11.2 Å². The number of esters is 1. The second kappa shape index (κ2) is 7.00. The molecule has 0 saturated heterocycles. The first kappa shape index (κ1) is 17.7. The zero-order chi connectivity index (χ0) is 18.8. The van der Waals surface area contributed by atoms with Gasteiger partial charge in [-0.2, -0.15) is 0 Å². The van der Waals surface area contributed by atoms with Crippen LogP contribution in [0.25, 0.3) is 11.0 Å². The molecule has 0 spiro atoms. The van der Waals surface area contributed by atoms with E-state index < -0.39 is 17.2 Å². The molecule has 1 N–H and O–H groups in total. The molecule has 0 radical (unpaired) electrons. The Bertz CT molecular complexity index is 1090. The fraction of sp³-hybridized carbons (Fsp3) is 0.250. The molecular formula is C20H19NO5. The van der Waals surface area contributed by atoms with E-state index in [1.807, 2.05) is 19.1 Å². The third kappa shape index (κ3) is 3.44. The first-order valence-corrected chi connectivity index (χ1v) is 8.29. The number of carbonyl (C=O) groups excluding carboxylic acids is 1. The number of aromatic nitrogens is 1. The summed E-state index contributed by atoms with van der Waals surface area (Å²) in [4.78, 5) is 38.1. The Labute approximate surface area is 149 Å². The first-order chi connectivity index (χ1) is 12.4. The van der Waals surface area contributed by atoms with Gasteiger partial charge >= 0.3 is 11.6 Å². The number of hydrogen-bond acceptors (Lipinski definition) is 5. The second-order valence-electron chi connectivity index (χ2n) is 6.44. The number of pyridine rings is 1. The highest BCUT2D eigenvalue weighted by Crippen LogP contribution is 2.27. The molecule has 0 amide bonds. The van der Waals surface area contributed by atoms with Crippen LogP contribution in [0, 0.1) is 6.92 Å². The van der Waals surface area contributed by atoms with Crippen LogP contribution in [-0.2, 0) is 11.3 Å². The van der Waals surface area contributed by atoms with Crippen molar-refractivity contribution in [2.75, 3.05) is 0 Å². The topological polar surface area (TPSA) is 89.4 Å². The van der Waals surface area contributed by atoms with Crippen LogP contribution in [0.4, 0.5) is 0 Å². The van der Waals surface area contributed by atoms with Gasteiger partial charge in [-0.3, -0.25) is 4.79 Å². The van der Waals surface area contributed by atoms with E-state index >= 15 is 0 Å². The Morgan fingerprint density at radius 1 is 1.23 bits per heavy atom. The lowest BCUT2D eigenvalue weighted by Crippen LogP contribution is -2.19. The molecule has 2 heterocycles. The molecule has 2 aromatic heterocycles. The SMILES string of the molecule is Cc1cc2oc(=O)cc(COC(=O)c3ccc[nH]c3=O)c2cc1C(C)C. The van der Waals surface area contributed by atoms with Gasteiger partial charge in [-0.15, -0.1) is 0 Å². The highest BCUT2D eigenvalue weighted by molar-refractivity contribution is 5.89. The monoisotopic (exact) mass is 353 g/mol. The number of fused-ring (bicyclic) bond motifs is 1. The molecule has 0 saturated carbocycles. The molecule has 0 fully saturated rings. The summed E-state index contributed by atoms with van der Waals surface area (Å²) in [7, 11) is 0. The molecule has 6 heteroatoms. The maximum Gasteiger partial charge on any atom is 0.344 e. The molecule has 134 valence electrons. The van der Waals surface area contributed by atoms with Crippen LogP contribution in [0.2, 0.25) is 0 Å². The van der Waals surface area contributed by atoms with Crippen molar-refractivity contribution in [2.24, 2.45) is 0 Å². The van der Waals surface area contributed by atoms with Crippen molar-refractivity contribution in [3.05, 3.63) is 79.6 Å². The van der Waals surface area contributed by atoms with Gasteiger partial charge in [-0.05, 0) is 48.2 Å². The number of hydrogen-bond donors (Lipinski definition) is 1. The molecule has 1 aromatic carbocycles. The van der Waals surface area contributed by atoms with Crippen LogP contribution in [0.1, 0.15) is 46.8 Å². The van der Waals surface area contributed by atoms with Gasteiger partial charge in [0.15, 0.2) is 0 Å². The fourth-order valence-corrected chi connectivity index (χ4v) is 2.94. The molecule has 0 aliphatic heterocycles. The van der Waals surface area contributed by atoms with Crippen molar-refractivity contribution in [1.29, 1.82) is 0 Å². The minimum absolute atomic E-state index is 0.0847. The Balaban J connectivity index is 1.98. The number of aryl methyl sites for hydroxylation is 1. The van der Waals surface area contributed by atoms with E-state index in [9.17, 15) is 14.4 Å². The van der Waals surface area contributed by atoms with Gasteiger partial charge < -0.3 is 14.1 Å². The van der Waals surface area contributed by atoms with Crippen molar-refractivity contribution in [1.82, 2.24) is 4.98 Å². The van der Waals surface area contributed by atoms with E-state index in [1.165, 1.54) is 18.3 Å². The average Bonchev–Trinajstić information content (AvgIpc) is 2.58. The summed E-state index contributed by atoms with van der Waals surface area (Å²) < 4.78 is 10.5. The maximum absolute atomic E-state index is 12.1. The molecule has 0 unspecified atom stereocenters. The van der Waals surface area contributed by atoms with Crippen molar-refractivity contribution in [3.63, 3.8) is 0 Å². The van der Waals surface area contributed by atoms with Gasteiger partial charge in [0.25, 0.3) is 5.56 Å². The molecule has 3 aromatic rings. The zero-order valence-electron chi connectivity index (χ0n) is 14.8. The largest absolute Gasteiger partial charge is 0.457 e. The van der Waals surface area contributed by atoms with Crippen molar-refractivity contribution in [3.8, 4) is 0 Å². The highest BCUT2D eigenvalue weighted by Gasteiger charge is 2.15. The van der Waals surface area contributed by atoms with Crippen LogP contribution in [-0.4, -0.2) is 11.0 Å². The summed E-state index contributed by atoms with van der Waals surface area (Å²) in [5, 5.41) is 0.716. The average molecular weight is 353 g/mol. The van der Waals surface area contributed by atoms with Crippen molar-refractivity contribution in [2.45, 2.75) is 33.3 Å². The third-order valence-corrected chi connectivity index (χ3v) is 4.24. The molecular weight excluding hydrogens is 334 g/mol. The highest BCUT2D eigenvalue weighted by atomic mass is 16.5. The Morgan fingerprint density at radius 2 is 2.00 bits per heavy atom. The van der Waals surface area contributed by atoms with E-state index in [0.717, 1.165) is 11.1 Å². The first-order valence-electron chi connectivity index (χ1n) is 8.29. The molecule has 6 nitrogen and oxygen atoms in total. The van der Waals surface area contributed by atoms with Gasteiger partial charge in [-0.25, -0.2) is 9.59 Å². The van der Waals surface area contributed by atoms with E-state index in [0.29, 0.717) is 22.5 Å². The smallest absolute Gasteiger partial charge is 0.344 e. The minimum atomic E-state index is -0.746. The summed E-state index contributed by atoms with van der Waals surface area (Å²) in [6, 6.07) is 8.02. The number of H-pyrrole nitrogens is 1. The normalized spacial score (nSPS) is 11.1. The van der Waals surface area contributed by atoms with E-state index in [2.05, 4.69) is 18.8 Å². The van der Waals surface area contributed by atoms with Crippen molar-refractivity contribution < 1.29 is 13.9 Å². The van der Waals surface area contributed by atoms with Gasteiger partial charge in [0.1, 0.15) is 17.8 Å². The van der Waals surface area contributed by atoms with Gasteiger partial charge in [0.05, 0.1) is 0 Å². The third-order valence-electron chi connectivity index (χ3n) is 4.24. The predicted octanol–water partition coefficient (Wildman–Crippen LogP) is 3.27. The number of aromatic amines is 1. The van der Waals surface area contributed by atoms with E-state index in [-0.39, 0.29) is 12.2 Å². The molecule has 26 heavy (non-hydrogen) atoms. The molecule has 0 atom stereocenters. The Morgan fingerprint density at radius 3 is 2.69 bits per heavy atom. The minimum Gasteiger partial charge on any atom is -0.457 e. The molecule has 3 rings (SSSR count). The summed E-state index contributed by atoms with van der Waals surface area (Å²) in [5.74, 6) is -0.450. The Hall–Kier alpha value is -3.15. The maximum atomic E-state index is 12.1. The summed E-state index contributed by atoms with van der Waals surface area (Å²) in [6.07, 6.45) is 1.44. The molecule has 0 aliphatic carbocycles. The van der Waals surface area contributed by atoms with E-state index in [1.54, 1.807) is 6.07 Å². The number of ether oxygens (including phenoxy) is 1. The lowest BCUT2D eigenvalue weighted by molar-refractivity contribution is 0.0471. The summed E-state index contributed by atoms with van der Waals surface area (Å²) in [6.45, 7) is 5.99. The number of benzene rings is 1. The quantitative estimate of drug-likeness (QED) is 0.574. The van der Waals surface area contributed by atoms with Crippen LogP contribution in [0.3, 0.4) is 0 Å². The predicted molar refractivity (Wildman–Crippen MR) is 97.5 cm³/mol. The number of carbonyl (C=O) groups is 1. The van der Waals surface area contributed by atoms with Crippen LogP contribution >= 0.6 is 0 Å². The number of nitrogens with one attached hydrogen (secondary N) is 1. The lowest BCUT2D eigenvalue weighted by Gasteiger charge is -2.13. The second-order valence-corrected chi connectivity index (χ2v) is 6.44. The van der Waals surface area contributed by atoms with Crippen LogP contribution in [0.5, 0.6) is 0 Å². The molecule has 0 aliphatic rings. The van der Waals surface area contributed by atoms with Crippen LogP contribution in [0.15, 0.2) is 50.5 Å². The molecule has 0 bridgehead atoms. The number of rotatable bonds is 4. The summed E-state index contributed by atoms with van der Waals surface area (Å²) in [5.41, 5.74) is 2.02. The van der Waals surface area contributed by atoms with Crippen molar-refractivity contribution >= 4 is 16.9 Å². The van der Waals surface area contributed by atoms with Gasteiger partial charge in [-0.1, -0.05) is 13.8 Å². The summed E-state index contributed by atoms with van der Waals surface area (Å²) >= 11 is 0. The van der Waals surface area contributed by atoms with Gasteiger partial charge in [0, 0.05) is 23.2 Å². The zero-order valence-corrected chi connectivity index (χ0v) is 14.8. The fourth-order valence-electron chi connectivity index (χ4n) is 2.94. The lowest BCUT2D eigenvalue weighted by atomic mass is 9.95. The van der Waals surface area contributed by atoms with E-state index in [4.69, 9.17) is 9.15 Å².